The predicted octanol–water partition coefficient (Wildman–Crippen LogP) is 4.81. The summed E-state index contributed by atoms with van der Waals surface area (Å²) < 4.78 is 7.25. The van der Waals surface area contributed by atoms with Crippen LogP contribution in [-0.2, 0) is 17.0 Å². The lowest BCUT2D eigenvalue weighted by molar-refractivity contribution is -0.115. The first kappa shape index (κ1) is 20.2. The van der Waals surface area contributed by atoms with Gasteiger partial charge in [-0.05, 0) is 36.4 Å². The first-order valence-electron chi connectivity index (χ1n) is 9.30. The van der Waals surface area contributed by atoms with Gasteiger partial charge in [0.05, 0.1) is 19.2 Å². The second kappa shape index (κ2) is 9.60. The highest BCUT2D eigenvalue weighted by atomic mass is 32.2. The maximum absolute atomic E-state index is 12.2. The summed E-state index contributed by atoms with van der Waals surface area (Å²) in [7, 11) is 1.65. The molecule has 0 unspecified atom stereocenters. The number of nitrogens with one attached hydrogen (secondary N) is 1. The molecule has 30 heavy (non-hydrogen) atoms. The molecule has 1 amide bonds. The molecule has 0 fully saturated rings. The van der Waals surface area contributed by atoms with Crippen LogP contribution in [0.2, 0.25) is 0 Å². The van der Waals surface area contributed by atoms with Gasteiger partial charge in [0.2, 0.25) is 5.91 Å². The van der Waals surface area contributed by atoms with E-state index in [0.29, 0.717) is 5.75 Å². The van der Waals surface area contributed by atoms with E-state index in [-0.39, 0.29) is 12.3 Å². The Labute approximate surface area is 183 Å². The van der Waals surface area contributed by atoms with Gasteiger partial charge in [-0.1, -0.05) is 30.0 Å². The molecule has 0 saturated carbocycles. The zero-order valence-corrected chi connectivity index (χ0v) is 18.0. The fraction of sp³-hybridized carbons (Fsp3) is 0.136. The summed E-state index contributed by atoms with van der Waals surface area (Å²) in [6.45, 7) is 0. The molecule has 4 aromatic rings. The molecule has 0 atom stereocenters. The van der Waals surface area contributed by atoms with Crippen LogP contribution >= 0.6 is 23.1 Å². The number of imidazole rings is 1. The molecule has 2 aromatic carbocycles. The molecule has 152 valence electrons. The van der Waals surface area contributed by atoms with E-state index in [9.17, 15) is 4.79 Å². The Balaban J connectivity index is 1.35. The molecule has 0 spiro atoms. The zero-order chi connectivity index (χ0) is 20.8. The van der Waals surface area contributed by atoms with Crippen molar-refractivity contribution in [2.45, 2.75) is 17.3 Å². The number of carbonyl (C=O) groups excluding carboxylic acids is 1. The molecule has 6 nitrogen and oxygen atoms in total. The first-order valence-corrected chi connectivity index (χ1v) is 11.2. The van der Waals surface area contributed by atoms with Crippen molar-refractivity contribution in [1.82, 2.24) is 14.5 Å². The third-order valence-corrected chi connectivity index (χ3v) is 6.17. The van der Waals surface area contributed by atoms with E-state index in [4.69, 9.17) is 4.74 Å². The highest BCUT2D eigenvalue weighted by molar-refractivity contribution is 7.98. The summed E-state index contributed by atoms with van der Waals surface area (Å²) in [5, 5.41) is 6.58. The topological polar surface area (TPSA) is 69.0 Å². The molecule has 0 saturated heterocycles. The van der Waals surface area contributed by atoms with Gasteiger partial charge in [0, 0.05) is 34.9 Å². The summed E-state index contributed by atoms with van der Waals surface area (Å²) in [6, 6.07) is 17.3. The van der Waals surface area contributed by atoms with Crippen LogP contribution in [0.15, 0.2) is 77.5 Å². The van der Waals surface area contributed by atoms with Crippen molar-refractivity contribution < 1.29 is 9.53 Å². The minimum Gasteiger partial charge on any atom is -0.497 e. The van der Waals surface area contributed by atoms with Gasteiger partial charge >= 0.3 is 0 Å². The van der Waals surface area contributed by atoms with Gasteiger partial charge in [-0.25, -0.2) is 9.97 Å². The van der Waals surface area contributed by atoms with Crippen molar-refractivity contribution >= 4 is 34.7 Å². The third-order valence-electron chi connectivity index (χ3n) is 4.28. The van der Waals surface area contributed by atoms with Gasteiger partial charge in [-0.2, -0.15) is 0 Å². The molecule has 8 heteroatoms. The van der Waals surface area contributed by atoms with Crippen molar-refractivity contribution in [1.29, 1.82) is 0 Å². The summed E-state index contributed by atoms with van der Waals surface area (Å²) >= 11 is 3.11. The van der Waals surface area contributed by atoms with Gasteiger partial charge in [-0.15, -0.1) is 11.3 Å². The summed E-state index contributed by atoms with van der Waals surface area (Å²) in [4.78, 5) is 21.3. The number of amides is 1. The molecular weight excluding hydrogens is 416 g/mol. The lowest BCUT2D eigenvalue weighted by atomic mass is 10.3. The number of methoxy groups -OCH3 is 1. The van der Waals surface area contributed by atoms with E-state index in [2.05, 4.69) is 15.3 Å². The van der Waals surface area contributed by atoms with Crippen LogP contribution in [0.25, 0.3) is 5.69 Å². The van der Waals surface area contributed by atoms with Gasteiger partial charge in [0.15, 0.2) is 5.16 Å². The standard InChI is InChI=1S/C22H20N4O2S2/c1-28-19-9-7-18(8-10-19)26-12-11-23-22(26)30-15-17-14-29-21(25-17)13-20(27)24-16-5-3-2-4-6-16/h2-12,14H,13,15H2,1H3,(H,24,27). The number of ether oxygens (including phenoxy) is 1. The molecule has 1 N–H and O–H groups in total. The highest BCUT2D eigenvalue weighted by Crippen LogP contribution is 2.26. The summed E-state index contributed by atoms with van der Waals surface area (Å²) in [5.41, 5.74) is 2.75. The smallest absolute Gasteiger partial charge is 0.231 e. The van der Waals surface area contributed by atoms with E-state index in [1.54, 1.807) is 25.1 Å². The number of para-hydroxylation sites is 1. The Kier molecular flexibility index (Phi) is 6.46. The second-order valence-corrected chi connectivity index (χ2v) is 8.28. The second-order valence-electron chi connectivity index (χ2n) is 6.39. The minimum atomic E-state index is -0.0650. The number of rotatable bonds is 8. The molecule has 0 aliphatic carbocycles. The van der Waals surface area contributed by atoms with Gasteiger partial charge < -0.3 is 10.1 Å². The van der Waals surface area contributed by atoms with Gasteiger partial charge in [0.1, 0.15) is 10.8 Å². The van der Waals surface area contributed by atoms with Crippen molar-refractivity contribution in [3.8, 4) is 11.4 Å². The van der Waals surface area contributed by atoms with Crippen LogP contribution in [0.3, 0.4) is 0 Å². The number of aromatic nitrogens is 3. The minimum absolute atomic E-state index is 0.0650. The van der Waals surface area contributed by atoms with Crippen LogP contribution in [0.4, 0.5) is 5.69 Å². The molecule has 2 heterocycles. The third kappa shape index (κ3) is 5.08. The van der Waals surface area contributed by atoms with Crippen molar-refractivity contribution in [3.63, 3.8) is 0 Å². The van der Waals surface area contributed by atoms with Crippen molar-refractivity contribution in [2.24, 2.45) is 0 Å². The molecule has 0 aliphatic rings. The molecule has 0 radical (unpaired) electrons. The van der Waals surface area contributed by atoms with Crippen LogP contribution in [0.5, 0.6) is 5.75 Å². The fourth-order valence-corrected chi connectivity index (χ4v) is 4.60. The Morgan fingerprint density at radius 2 is 1.97 bits per heavy atom. The molecule has 0 aliphatic heterocycles. The molecule has 2 aromatic heterocycles. The quantitative estimate of drug-likeness (QED) is 0.402. The normalized spacial score (nSPS) is 10.7. The maximum Gasteiger partial charge on any atom is 0.231 e. The average Bonchev–Trinajstić information content (AvgIpc) is 3.42. The maximum atomic E-state index is 12.2. The predicted molar refractivity (Wildman–Crippen MR) is 121 cm³/mol. The first-order chi connectivity index (χ1) is 14.7. The average molecular weight is 437 g/mol. The van der Waals surface area contributed by atoms with Crippen LogP contribution in [0, 0.1) is 0 Å². The lowest BCUT2D eigenvalue weighted by Crippen LogP contribution is -2.14. The van der Waals surface area contributed by atoms with Crippen molar-refractivity contribution in [2.75, 3.05) is 12.4 Å². The summed E-state index contributed by atoms with van der Waals surface area (Å²) in [5.74, 6) is 1.44. The van der Waals surface area contributed by atoms with E-state index in [0.717, 1.165) is 33.0 Å². The Hall–Kier alpha value is -3.10. The number of carbonyl (C=O) groups is 1. The van der Waals surface area contributed by atoms with E-state index in [1.807, 2.05) is 70.7 Å². The van der Waals surface area contributed by atoms with Crippen LogP contribution in [-0.4, -0.2) is 27.6 Å². The monoisotopic (exact) mass is 436 g/mol. The number of benzene rings is 2. The number of nitrogens with zero attached hydrogens (tertiary/aromatic N) is 3. The van der Waals surface area contributed by atoms with Crippen LogP contribution in [0.1, 0.15) is 10.7 Å². The number of hydrogen-bond donors (Lipinski definition) is 1. The van der Waals surface area contributed by atoms with Crippen LogP contribution < -0.4 is 10.1 Å². The van der Waals surface area contributed by atoms with Gasteiger partial charge in [-0.3, -0.25) is 9.36 Å². The fourth-order valence-electron chi connectivity index (χ4n) is 2.83. The van der Waals surface area contributed by atoms with E-state index >= 15 is 0 Å². The Morgan fingerprint density at radius 1 is 1.17 bits per heavy atom. The zero-order valence-electron chi connectivity index (χ0n) is 16.3. The largest absolute Gasteiger partial charge is 0.497 e. The lowest BCUT2D eigenvalue weighted by Gasteiger charge is -2.08. The van der Waals surface area contributed by atoms with E-state index < -0.39 is 0 Å². The van der Waals surface area contributed by atoms with Crippen molar-refractivity contribution in [3.05, 3.63) is 83.1 Å². The number of thioether (sulfide) groups is 1. The molecule has 0 bridgehead atoms. The number of hydrogen-bond acceptors (Lipinski definition) is 6. The SMILES string of the molecule is COc1ccc(-n2ccnc2SCc2csc(CC(=O)Nc3ccccc3)n2)cc1. The summed E-state index contributed by atoms with van der Waals surface area (Å²) in [6.07, 6.45) is 3.99. The number of thiazole rings is 1. The molecule has 4 rings (SSSR count). The number of anilines is 1. The Bertz CT molecular complexity index is 1110. The van der Waals surface area contributed by atoms with E-state index in [1.165, 1.54) is 11.3 Å². The highest BCUT2D eigenvalue weighted by Gasteiger charge is 2.11. The Morgan fingerprint density at radius 3 is 2.73 bits per heavy atom. The van der Waals surface area contributed by atoms with Gasteiger partial charge in [0.25, 0.3) is 0 Å². The molecular formula is C22H20N4O2S2.